The largest absolute Gasteiger partial charge is 0.328 e. The van der Waals surface area contributed by atoms with E-state index in [0.29, 0.717) is 0 Å². The van der Waals surface area contributed by atoms with E-state index in [2.05, 4.69) is 40.4 Å². The predicted octanol–water partition coefficient (Wildman–Crippen LogP) is 3.06. The minimum Gasteiger partial charge on any atom is -0.328 e. The van der Waals surface area contributed by atoms with Crippen LogP contribution >= 0.6 is 27.7 Å². The molecule has 13 heavy (non-hydrogen) atoms. The van der Waals surface area contributed by atoms with E-state index in [1.165, 1.54) is 10.5 Å². The lowest BCUT2D eigenvalue weighted by Crippen LogP contribution is -2.17. The van der Waals surface area contributed by atoms with Crippen molar-refractivity contribution in [2.75, 3.05) is 6.26 Å². The van der Waals surface area contributed by atoms with E-state index >= 15 is 0 Å². The molecule has 72 valence electrons. The molecule has 1 atom stereocenters. The Labute approximate surface area is 92.2 Å². The fourth-order valence-electron chi connectivity index (χ4n) is 1.23. The second kappa shape index (κ2) is 5.03. The maximum atomic E-state index is 5.74. The zero-order valence-electron chi connectivity index (χ0n) is 7.88. The van der Waals surface area contributed by atoms with E-state index < -0.39 is 0 Å². The molecule has 1 nitrogen and oxygen atoms in total. The number of hydrogen-bond donors (Lipinski definition) is 1. The van der Waals surface area contributed by atoms with Gasteiger partial charge in [0.05, 0.1) is 0 Å². The maximum absolute atomic E-state index is 5.74. The summed E-state index contributed by atoms with van der Waals surface area (Å²) in [5.41, 5.74) is 7.04. The van der Waals surface area contributed by atoms with Crippen LogP contribution in [0.3, 0.4) is 0 Å². The molecular formula is C10H14BrNS. The van der Waals surface area contributed by atoms with E-state index in [1.54, 1.807) is 11.8 Å². The van der Waals surface area contributed by atoms with Gasteiger partial charge in [-0.05, 0) is 43.4 Å². The van der Waals surface area contributed by atoms with Crippen molar-refractivity contribution in [2.24, 2.45) is 5.73 Å². The molecule has 0 saturated heterocycles. The molecule has 0 fully saturated rings. The lowest BCUT2D eigenvalue weighted by molar-refractivity contribution is 0.736. The Balaban J connectivity index is 2.88. The smallest absolute Gasteiger partial charge is 0.0189 e. The average molecular weight is 260 g/mol. The summed E-state index contributed by atoms with van der Waals surface area (Å²) in [4.78, 5) is 1.28. The van der Waals surface area contributed by atoms with E-state index in [4.69, 9.17) is 5.73 Å². The van der Waals surface area contributed by atoms with Gasteiger partial charge in [-0.15, -0.1) is 11.8 Å². The van der Waals surface area contributed by atoms with Crippen LogP contribution in [0.2, 0.25) is 0 Å². The van der Waals surface area contributed by atoms with Gasteiger partial charge < -0.3 is 5.73 Å². The van der Waals surface area contributed by atoms with Gasteiger partial charge in [0, 0.05) is 15.4 Å². The summed E-state index contributed by atoms with van der Waals surface area (Å²) in [6.07, 6.45) is 3.02. The van der Waals surface area contributed by atoms with Crippen molar-refractivity contribution in [1.29, 1.82) is 0 Å². The Bertz CT molecular complexity index is 286. The minimum atomic E-state index is 0.226. The van der Waals surface area contributed by atoms with Crippen molar-refractivity contribution in [3.05, 3.63) is 28.2 Å². The van der Waals surface area contributed by atoms with Crippen molar-refractivity contribution >= 4 is 27.7 Å². The molecule has 0 heterocycles. The highest BCUT2D eigenvalue weighted by Gasteiger charge is 2.01. The summed E-state index contributed by atoms with van der Waals surface area (Å²) in [7, 11) is 0. The summed E-state index contributed by atoms with van der Waals surface area (Å²) >= 11 is 5.24. The molecule has 0 saturated carbocycles. The second-order valence-corrected chi connectivity index (χ2v) is 4.98. The van der Waals surface area contributed by atoms with Gasteiger partial charge >= 0.3 is 0 Å². The molecule has 1 aromatic carbocycles. The van der Waals surface area contributed by atoms with Gasteiger partial charge in [0.1, 0.15) is 0 Å². The van der Waals surface area contributed by atoms with E-state index in [0.717, 1.165) is 10.9 Å². The first kappa shape index (κ1) is 11.1. The summed E-state index contributed by atoms with van der Waals surface area (Å²) in [6, 6.07) is 6.67. The van der Waals surface area contributed by atoms with Gasteiger partial charge in [-0.1, -0.05) is 15.9 Å². The third-order valence-corrected chi connectivity index (χ3v) is 2.89. The Morgan fingerprint density at radius 1 is 1.46 bits per heavy atom. The molecule has 1 aromatic rings. The third-order valence-electron chi connectivity index (χ3n) is 1.72. The molecule has 2 N–H and O–H groups in total. The number of halogens is 1. The lowest BCUT2D eigenvalue weighted by atomic mass is 10.1. The molecule has 0 aromatic heterocycles. The van der Waals surface area contributed by atoms with Gasteiger partial charge in [0.15, 0.2) is 0 Å². The lowest BCUT2D eigenvalue weighted by Gasteiger charge is -2.07. The van der Waals surface area contributed by atoms with E-state index in [-0.39, 0.29) is 6.04 Å². The summed E-state index contributed by atoms with van der Waals surface area (Å²) < 4.78 is 1.13. The molecule has 1 rings (SSSR count). The normalized spacial score (nSPS) is 12.9. The van der Waals surface area contributed by atoms with Crippen molar-refractivity contribution in [3.8, 4) is 0 Å². The standard InChI is InChI=1S/C10H14BrNS/c1-7(12)3-8-4-9(11)6-10(5-8)13-2/h4-7H,3,12H2,1-2H3. The van der Waals surface area contributed by atoms with Crippen LogP contribution in [-0.2, 0) is 6.42 Å². The molecule has 0 aliphatic carbocycles. The van der Waals surface area contributed by atoms with Crippen molar-refractivity contribution in [1.82, 2.24) is 0 Å². The second-order valence-electron chi connectivity index (χ2n) is 3.18. The van der Waals surface area contributed by atoms with Crippen LogP contribution in [0.1, 0.15) is 12.5 Å². The van der Waals surface area contributed by atoms with Crippen LogP contribution in [0.4, 0.5) is 0 Å². The van der Waals surface area contributed by atoms with Crippen LogP contribution in [0.5, 0.6) is 0 Å². The van der Waals surface area contributed by atoms with Gasteiger partial charge in [0.2, 0.25) is 0 Å². The first-order valence-electron chi connectivity index (χ1n) is 4.21. The van der Waals surface area contributed by atoms with Gasteiger partial charge in [-0.25, -0.2) is 0 Å². The zero-order valence-corrected chi connectivity index (χ0v) is 10.3. The number of nitrogens with two attached hydrogens (primary N) is 1. The van der Waals surface area contributed by atoms with Crippen molar-refractivity contribution < 1.29 is 0 Å². The van der Waals surface area contributed by atoms with Crippen LogP contribution < -0.4 is 5.73 Å². The third kappa shape index (κ3) is 3.71. The topological polar surface area (TPSA) is 26.0 Å². The maximum Gasteiger partial charge on any atom is 0.0189 e. The quantitative estimate of drug-likeness (QED) is 0.845. The predicted molar refractivity (Wildman–Crippen MR) is 63.3 cm³/mol. The van der Waals surface area contributed by atoms with Crippen molar-refractivity contribution in [2.45, 2.75) is 24.3 Å². The molecule has 0 aliphatic rings. The van der Waals surface area contributed by atoms with E-state index in [1.807, 2.05) is 6.92 Å². The van der Waals surface area contributed by atoms with Crippen molar-refractivity contribution in [3.63, 3.8) is 0 Å². The summed E-state index contributed by atoms with van der Waals surface area (Å²) in [6.45, 7) is 2.03. The molecule has 0 spiro atoms. The zero-order chi connectivity index (χ0) is 9.84. The molecule has 0 bridgehead atoms. The minimum absolute atomic E-state index is 0.226. The average Bonchev–Trinajstić information content (AvgIpc) is 2.01. The number of rotatable bonds is 3. The molecule has 0 radical (unpaired) electrons. The molecule has 0 amide bonds. The van der Waals surface area contributed by atoms with Crippen LogP contribution in [0.15, 0.2) is 27.6 Å². The number of benzene rings is 1. The van der Waals surface area contributed by atoms with Crippen LogP contribution in [0, 0.1) is 0 Å². The highest BCUT2D eigenvalue weighted by Crippen LogP contribution is 2.23. The Morgan fingerprint density at radius 3 is 2.69 bits per heavy atom. The van der Waals surface area contributed by atoms with Gasteiger partial charge in [-0.2, -0.15) is 0 Å². The SMILES string of the molecule is CSc1cc(Br)cc(CC(C)N)c1. The molecule has 0 aliphatic heterocycles. The number of thioether (sulfide) groups is 1. The monoisotopic (exact) mass is 259 g/mol. The van der Waals surface area contributed by atoms with Gasteiger partial charge in [0.25, 0.3) is 0 Å². The Kier molecular flexibility index (Phi) is 4.29. The van der Waals surface area contributed by atoms with Gasteiger partial charge in [-0.3, -0.25) is 0 Å². The first-order chi connectivity index (χ1) is 6.11. The fourth-order valence-corrected chi connectivity index (χ4v) is 2.43. The Hall–Kier alpha value is 0.01000. The molecule has 1 unspecified atom stereocenters. The highest BCUT2D eigenvalue weighted by molar-refractivity contribution is 9.10. The summed E-state index contributed by atoms with van der Waals surface area (Å²) in [5.74, 6) is 0. The van der Waals surface area contributed by atoms with Crippen LogP contribution in [0.25, 0.3) is 0 Å². The molecule has 3 heteroatoms. The summed E-state index contributed by atoms with van der Waals surface area (Å²) in [5, 5.41) is 0. The van der Waals surface area contributed by atoms with Crippen LogP contribution in [-0.4, -0.2) is 12.3 Å². The first-order valence-corrected chi connectivity index (χ1v) is 6.22. The van der Waals surface area contributed by atoms with E-state index in [9.17, 15) is 0 Å². The highest BCUT2D eigenvalue weighted by atomic mass is 79.9. The fraction of sp³-hybridized carbons (Fsp3) is 0.400. The number of hydrogen-bond acceptors (Lipinski definition) is 2. The molecular weight excluding hydrogens is 246 g/mol. The Morgan fingerprint density at radius 2 is 2.15 bits per heavy atom.